The molecule has 19 heavy (non-hydrogen) atoms. The van der Waals surface area contributed by atoms with Gasteiger partial charge in [-0.05, 0) is 5.92 Å². The molecule has 2 heterocycles. The van der Waals surface area contributed by atoms with Gasteiger partial charge in [0.25, 0.3) is 0 Å². The average molecular weight is 262 g/mol. The summed E-state index contributed by atoms with van der Waals surface area (Å²) < 4.78 is 0. The molecule has 1 N–H and O–H groups in total. The van der Waals surface area contributed by atoms with E-state index in [1.165, 1.54) is 6.33 Å². The maximum atomic E-state index is 12.5. The monoisotopic (exact) mass is 262 g/mol. The third-order valence-electron chi connectivity index (χ3n) is 3.48. The van der Waals surface area contributed by atoms with Crippen molar-refractivity contribution in [3.8, 4) is 0 Å². The molecule has 102 valence electrons. The van der Waals surface area contributed by atoms with Gasteiger partial charge in [0.2, 0.25) is 11.8 Å². The molecule has 2 amide bonds. The number of aromatic nitrogens is 2. The van der Waals surface area contributed by atoms with E-state index in [-0.39, 0.29) is 17.7 Å². The van der Waals surface area contributed by atoms with E-state index in [1.54, 1.807) is 17.3 Å². The second kappa shape index (κ2) is 5.77. The van der Waals surface area contributed by atoms with Crippen LogP contribution < -0.4 is 10.2 Å². The van der Waals surface area contributed by atoms with Gasteiger partial charge < -0.3 is 10.2 Å². The first-order valence-electron chi connectivity index (χ1n) is 6.49. The van der Waals surface area contributed by atoms with Crippen molar-refractivity contribution in [2.45, 2.75) is 32.7 Å². The highest BCUT2D eigenvalue weighted by atomic mass is 16.2. The fourth-order valence-electron chi connectivity index (χ4n) is 2.11. The van der Waals surface area contributed by atoms with E-state index < -0.39 is 6.04 Å². The zero-order valence-corrected chi connectivity index (χ0v) is 11.2. The molecule has 1 aliphatic heterocycles. The van der Waals surface area contributed by atoms with E-state index in [1.807, 2.05) is 13.8 Å². The van der Waals surface area contributed by atoms with E-state index in [4.69, 9.17) is 0 Å². The minimum Gasteiger partial charge on any atom is -0.344 e. The molecule has 1 fully saturated rings. The Hall–Kier alpha value is -1.98. The topological polar surface area (TPSA) is 75.2 Å². The number of hydrogen-bond acceptors (Lipinski definition) is 4. The lowest BCUT2D eigenvalue weighted by molar-refractivity contribution is -0.126. The van der Waals surface area contributed by atoms with Crippen LogP contribution in [-0.4, -0.2) is 34.4 Å². The normalized spacial score (nSPS) is 21.8. The fourth-order valence-corrected chi connectivity index (χ4v) is 2.11. The molecule has 0 saturated carbocycles. The molecule has 0 spiro atoms. The molecule has 0 bridgehead atoms. The second-order valence-corrected chi connectivity index (χ2v) is 4.77. The van der Waals surface area contributed by atoms with Gasteiger partial charge in [0.15, 0.2) is 0 Å². The van der Waals surface area contributed by atoms with Crippen molar-refractivity contribution in [2.24, 2.45) is 5.92 Å². The van der Waals surface area contributed by atoms with Crippen molar-refractivity contribution >= 4 is 17.5 Å². The summed E-state index contributed by atoms with van der Waals surface area (Å²) in [5.74, 6) is -0.0744. The summed E-state index contributed by atoms with van der Waals surface area (Å²) in [7, 11) is 0. The maximum Gasteiger partial charge on any atom is 0.249 e. The van der Waals surface area contributed by atoms with Gasteiger partial charge in [-0.25, -0.2) is 9.97 Å². The van der Waals surface area contributed by atoms with Gasteiger partial charge >= 0.3 is 0 Å². The Kier molecular flexibility index (Phi) is 4.09. The summed E-state index contributed by atoms with van der Waals surface area (Å²) in [6.45, 7) is 4.34. The molecule has 6 nitrogen and oxygen atoms in total. The molecule has 0 aliphatic carbocycles. The van der Waals surface area contributed by atoms with Crippen LogP contribution in [0.1, 0.15) is 26.7 Å². The molecule has 2 atom stereocenters. The Balaban J connectivity index is 2.29. The van der Waals surface area contributed by atoms with Crippen molar-refractivity contribution in [3.05, 3.63) is 18.7 Å². The molecule has 1 saturated heterocycles. The summed E-state index contributed by atoms with van der Waals surface area (Å²) in [5.41, 5.74) is 0.636. The van der Waals surface area contributed by atoms with Crippen LogP contribution in [0.4, 0.5) is 5.69 Å². The number of hydrogen-bond donors (Lipinski definition) is 1. The van der Waals surface area contributed by atoms with Crippen molar-refractivity contribution in [1.82, 2.24) is 15.3 Å². The van der Waals surface area contributed by atoms with Crippen LogP contribution >= 0.6 is 0 Å². The van der Waals surface area contributed by atoms with Gasteiger partial charge in [0.1, 0.15) is 12.4 Å². The van der Waals surface area contributed by atoms with E-state index in [2.05, 4.69) is 15.3 Å². The molecule has 2 rings (SSSR count). The maximum absolute atomic E-state index is 12.5. The van der Waals surface area contributed by atoms with Crippen LogP contribution in [0.3, 0.4) is 0 Å². The minimum atomic E-state index is -0.472. The lowest BCUT2D eigenvalue weighted by Gasteiger charge is -2.26. The van der Waals surface area contributed by atoms with Crippen LogP contribution in [0, 0.1) is 5.92 Å². The molecular formula is C13H18N4O2. The number of rotatable bonds is 3. The quantitative estimate of drug-likeness (QED) is 0.872. The standard InChI is InChI=1S/C13H18N4O2/c1-3-9(2)12-13(19)17(5-4-11(18)16-12)10-6-14-8-15-7-10/h6-9,12H,3-5H2,1-2H3,(H,16,18). The van der Waals surface area contributed by atoms with Gasteiger partial charge in [-0.2, -0.15) is 0 Å². The molecule has 0 radical (unpaired) electrons. The Morgan fingerprint density at radius 1 is 1.42 bits per heavy atom. The zero-order valence-electron chi connectivity index (χ0n) is 11.2. The van der Waals surface area contributed by atoms with E-state index >= 15 is 0 Å². The van der Waals surface area contributed by atoms with Gasteiger partial charge in [-0.1, -0.05) is 20.3 Å². The first-order valence-corrected chi connectivity index (χ1v) is 6.49. The molecule has 6 heteroatoms. The van der Waals surface area contributed by atoms with Gasteiger partial charge in [0.05, 0.1) is 18.1 Å². The summed E-state index contributed by atoms with van der Waals surface area (Å²) in [6.07, 6.45) is 5.73. The number of amides is 2. The van der Waals surface area contributed by atoms with Crippen molar-refractivity contribution in [1.29, 1.82) is 0 Å². The second-order valence-electron chi connectivity index (χ2n) is 4.77. The fraction of sp³-hybridized carbons (Fsp3) is 0.538. The van der Waals surface area contributed by atoms with E-state index in [9.17, 15) is 9.59 Å². The molecular weight excluding hydrogens is 244 g/mol. The molecule has 1 aliphatic rings. The highest BCUT2D eigenvalue weighted by Gasteiger charge is 2.33. The summed E-state index contributed by atoms with van der Waals surface area (Å²) in [5, 5.41) is 2.81. The number of nitrogens with one attached hydrogen (secondary N) is 1. The number of carbonyl (C=O) groups excluding carboxylic acids is 2. The lowest BCUT2D eigenvalue weighted by Crippen LogP contribution is -2.48. The van der Waals surface area contributed by atoms with E-state index in [0.717, 1.165) is 6.42 Å². The third kappa shape index (κ3) is 2.89. The number of anilines is 1. The number of carbonyl (C=O) groups is 2. The van der Waals surface area contributed by atoms with Gasteiger partial charge in [-0.3, -0.25) is 9.59 Å². The Bertz CT molecular complexity index is 463. The third-order valence-corrected chi connectivity index (χ3v) is 3.48. The predicted molar refractivity (Wildman–Crippen MR) is 70.4 cm³/mol. The highest BCUT2D eigenvalue weighted by Crippen LogP contribution is 2.19. The van der Waals surface area contributed by atoms with E-state index in [0.29, 0.717) is 18.7 Å². The summed E-state index contributed by atoms with van der Waals surface area (Å²) in [6, 6.07) is -0.472. The summed E-state index contributed by atoms with van der Waals surface area (Å²) >= 11 is 0. The van der Waals surface area contributed by atoms with Crippen LogP contribution in [0.15, 0.2) is 18.7 Å². The van der Waals surface area contributed by atoms with Crippen molar-refractivity contribution in [3.63, 3.8) is 0 Å². The van der Waals surface area contributed by atoms with Crippen LogP contribution in [-0.2, 0) is 9.59 Å². The Morgan fingerprint density at radius 3 is 2.74 bits per heavy atom. The predicted octanol–water partition coefficient (Wildman–Crippen LogP) is 0.744. The molecule has 1 aromatic heterocycles. The average Bonchev–Trinajstić information content (AvgIpc) is 2.59. The molecule has 0 aromatic carbocycles. The van der Waals surface area contributed by atoms with Crippen LogP contribution in [0.25, 0.3) is 0 Å². The smallest absolute Gasteiger partial charge is 0.249 e. The molecule has 2 unspecified atom stereocenters. The highest BCUT2D eigenvalue weighted by molar-refractivity contribution is 6.01. The Labute approximate surface area is 112 Å². The first-order chi connectivity index (χ1) is 9.13. The van der Waals surface area contributed by atoms with Crippen molar-refractivity contribution in [2.75, 3.05) is 11.4 Å². The van der Waals surface area contributed by atoms with Crippen LogP contribution in [0.2, 0.25) is 0 Å². The van der Waals surface area contributed by atoms with Gasteiger partial charge in [0, 0.05) is 13.0 Å². The minimum absolute atomic E-state index is 0.0852. The van der Waals surface area contributed by atoms with Crippen molar-refractivity contribution < 1.29 is 9.59 Å². The summed E-state index contributed by atoms with van der Waals surface area (Å²) in [4.78, 5) is 33.7. The number of nitrogens with zero attached hydrogens (tertiary/aromatic N) is 3. The first kappa shape index (κ1) is 13.5. The SMILES string of the molecule is CCC(C)C1NC(=O)CCN(c2cncnc2)C1=O. The lowest BCUT2D eigenvalue weighted by atomic mass is 9.98. The largest absolute Gasteiger partial charge is 0.344 e. The zero-order chi connectivity index (χ0) is 13.8. The molecule has 1 aromatic rings. The van der Waals surface area contributed by atoms with Crippen LogP contribution in [0.5, 0.6) is 0 Å². The van der Waals surface area contributed by atoms with Gasteiger partial charge in [-0.15, -0.1) is 0 Å². The Morgan fingerprint density at radius 2 is 2.11 bits per heavy atom.